The summed E-state index contributed by atoms with van der Waals surface area (Å²) in [4.78, 5) is 39.7. The first-order valence-electron chi connectivity index (χ1n) is 13.9. The number of fused-ring (bicyclic) bond motifs is 1. The molecule has 0 bridgehead atoms. The summed E-state index contributed by atoms with van der Waals surface area (Å²) in [6.07, 6.45) is 3.57. The number of benzene rings is 3. The Morgan fingerprint density at radius 2 is 1.68 bits per heavy atom. The SMILES string of the molecule is Cc1c(NC(=O)c2ccc(C3CC3)cc2)cccc1-c1ncnc2[nH]c(-c3ccc(C(=O)N4CC(O)C4)cc3)cc12. The summed E-state index contributed by atoms with van der Waals surface area (Å²) in [5, 5.41) is 13.4. The van der Waals surface area contributed by atoms with Crippen LogP contribution in [0, 0.1) is 6.92 Å². The van der Waals surface area contributed by atoms with Crippen LogP contribution in [0.5, 0.6) is 0 Å². The number of aromatic amines is 1. The van der Waals surface area contributed by atoms with E-state index < -0.39 is 6.10 Å². The Hall–Kier alpha value is -4.82. The number of carbonyl (C=O) groups is 2. The van der Waals surface area contributed by atoms with Gasteiger partial charge in [-0.1, -0.05) is 36.4 Å². The van der Waals surface area contributed by atoms with Crippen LogP contribution in [0.25, 0.3) is 33.5 Å². The molecule has 1 aliphatic carbocycles. The Bertz CT molecular complexity index is 1780. The number of nitrogens with one attached hydrogen (secondary N) is 2. The van der Waals surface area contributed by atoms with Crippen LogP contribution in [0.1, 0.15) is 50.6 Å². The standard InChI is InChI=1S/C33H29N5O3/c1-19-26(3-2-4-28(19)37-32(40)23-11-7-21(8-12-23)20-5-6-20)30-27-15-29(36-31(27)35-18-34-30)22-9-13-24(14-10-22)33(41)38-16-25(39)17-38/h2-4,7-15,18,20,25,39H,5-6,16-17H2,1H3,(H,37,40)(H,34,35,36). The second-order valence-electron chi connectivity index (χ2n) is 10.9. The van der Waals surface area contributed by atoms with Crippen molar-refractivity contribution < 1.29 is 14.7 Å². The highest BCUT2D eigenvalue weighted by Crippen LogP contribution is 2.40. The third-order valence-corrected chi connectivity index (χ3v) is 8.08. The molecule has 3 N–H and O–H groups in total. The molecule has 8 heteroatoms. The molecule has 2 aromatic heterocycles. The van der Waals surface area contributed by atoms with E-state index in [9.17, 15) is 14.7 Å². The molecule has 0 atom stereocenters. The van der Waals surface area contributed by atoms with Gasteiger partial charge in [0.1, 0.15) is 12.0 Å². The van der Waals surface area contributed by atoms with Gasteiger partial charge < -0.3 is 20.3 Å². The molecule has 1 aliphatic heterocycles. The summed E-state index contributed by atoms with van der Waals surface area (Å²) in [7, 11) is 0. The molecule has 41 heavy (non-hydrogen) atoms. The number of nitrogens with zero attached hydrogens (tertiary/aromatic N) is 3. The van der Waals surface area contributed by atoms with Crippen LogP contribution < -0.4 is 5.32 Å². The van der Waals surface area contributed by atoms with Gasteiger partial charge in [-0.25, -0.2) is 9.97 Å². The van der Waals surface area contributed by atoms with Crippen molar-refractivity contribution in [2.45, 2.75) is 31.8 Å². The number of hydrogen-bond acceptors (Lipinski definition) is 5. The fourth-order valence-electron chi connectivity index (χ4n) is 5.45. The molecule has 2 fully saturated rings. The first-order chi connectivity index (χ1) is 19.9. The predicted molar refractivity (Wildman–Crippen MR) is 158 cm³/mol. The van der Waals surface area contributed by atoms with Crippen molar-refractivity contribution in [2.24, 2.45) is 0 Å². The van der Waals surface area contributed by atoms with Crippen molar-refractivity contribution in [3.05, 3.63) is 101 Å². The highest BCUT2D eigenvalue weighted by atomic mass is 16.3. The lowest BCUT2D eigenvalue weighted by Gasteiger charge is -2.35. The molecular weight excluding hydrogens is 514 g/mol. The van der Waals surface area contributed by atoms with Crippen molar-refractivity contribution in [3.63, 3.8) is 0 Å². The fraction of sp³-hybridized carbons (Fsp3) is 0.212. The van der Waals surface area contributed by atoms with Gasteiger partial charge in [-0.2, -0.15) is 0 Å². The molecule has 2 aliphatic rings. The number of likely N-dealkylation sites (tertiary alicyclic amines) is 1. The van der Waals surface area contributed by atoms with Gasteiger partial charge in [0.05, 0.1) is 11.8 Å². The van der Waals surface area contributed by atoms with Gasteiger partial charge in [-0.05, 0) is 78.8 Å². The Morgan fingerprint density at radius 1 is 0.951 bits per heavy atom. The number of aromatic nitrogens is 3. The van der Waals surface area contributed by atoms with E-state index in [4.69, 9.17) is 0 Å². The molecule has 204 valence electrons. The Morgan fingerprint density at radius 3 is 2.39 bits per heavy atom. The average molecular weight is 544 g/mol. The predicted octanol–water partition coefficient (Wildman–Crippen LogP) is 5.55. The number of aliphatic hydroxyl groups excluding tert-OH is 1. The van der Waals surface area contributed by atoms with E-state index in [1.54, 1.807) is 17.0 Å². The minimum absolute atomic E-state index is 0.0793. The molecule has 1 saturated heterocycles. The number of carbonyl (C=O) groups excluding carboxylic acids is 2. The topological polar surface area (TPSA) is 111 Å². The molecule has 0 radical (unpaired) electrons. The van der Waals surface area contributed by atoms with E-state index in [2.05, 4.69) is 32.4 Å². The quantitative estimate of drug-likeness (QED) is 0.260. The van der Waals surface area contributed by atoms with Gasteiger partial charge in [-0.3, -0.25) is 9.59 Å². The number of aliphatic hydroxyl groups is 1. The monoisotopic (exact) mass is 543 g/mol. The highest BCUT2D eigenvalue weighted by Gasteiger charge is 2.29. The summed E-state index contributed by atoms with van der Waals surface area (Å²) in [5.41, 5.74) is 8.31. The Labute approximate surface area is 237 Å². The lowest BCUT2D eigenvalue weighted by atomic mass is 10.0. The molecular formula is C33H29N5O3. The van der Waals surface area contributed by atoms with E-state index in [0.717, 1.165) is 39.2 Å². The van der Waals surface area contributed by atoms with Gasteiger partial charge in [0.15, 0.2) is 0 Å². The normalized spacial score (nSPS) is 15.1. The number of hydrogen-bond donors (Lipinski definition) is 3. The van der Waals surface area contributed by atoms with Gasteiger partial charge >= 0.3 is 0 Å². The second-order valence-corrected chi connectivity index (χ2v) is 10.9. The summed E-state index contributed by atoms with van der Waals surface area (Å²) >= 11 is 0. The lowest BCUT2D eigenvalue weighted by Crippen LogP contribution is -2.53. The molecule has 0 spiro atoms. The molecule has 3 aromatic carbocycles. The summed E-state index contributed by atoms with van der Waals surface area (Å²) in [6.45, 7) is 2.74. The third kappa shape index (κ3) is 4.76. The van der Waals surface area contributed by atoms with E-state index >= 15 is 0 Å². The number of β-amino-alcohol motifs (C(OH)–C–C–N with tert-alkyl or cyclic N) is 1. The third-order valence-electron chi connectivity index (χ3n) is 8.08. The Balaban J connectivity index is 1.15. The zero-order chi connectivity index (χ0) is 28.1. The smallest absolute Gasteiger partial charge is 0.255 e. The number of anilines is 1. The number of H-pyrrole nitrogens is 1. The maximum Gasteiger partial charge on any atom is 0.255 e. The maximum absolute atomic E-state index is 13.0. The number of rotatable bonds is 6. The minimum atomic E-state index is -0.426. The van der Waals surface area contributed by atoms with Crippen LogP contribution in [-0.2, 0) is 0 Å². The van der Waals surface area contributed by atoms with Gasteiger partial charge in [0.2, 0.25) is 0 Å². The first-order valence-corrected chi connectivity index (χ1v) is 13.9. The molecule has 5 aromatic rings. The minimum Gasteiger partial charge on any atom is -0.389 e. The molecule has 2 amide bonds. The van der Waals surface area contributed by atoms with Crippen LogP contribution in [0.2, 0.25) is 0 Å². The molecule has 8 nitrogen and oxygen atoms in total. The average Bonchev–Trinajstić information content (AvgIpc) is 3.74. The van der Waals surface area contributed by atoms with Crippen LogP contribution in [0.4, 0.5) is 5.69 Å². The van der Waals surface area contributed by atoms with Crippen molar-refractivity contribution in [1.82, 2.24) is 19.9 Å². The highest BCUT2D eigenvalue weighted by molar-refractivity contribution is 6.05. The summed E-state index contributed by atoms with van der Waals surface area (Å²) < 4.78 is 0. The lowest BCUT2D eigenvalue weighted by molar-refractivity contribution is 0.00589. The number of amides is 2. The zero-order valence-corrected chi connectivity index (χ0v) is 22.6. The fourth-order valence-corrected chi connectivity index (χ4v) is 5.45. The van der Waals surface area contributed by atoms with Gasteiger partial charge in [-0.15, -0.1) is 0 Å². The van der Waals surface area contributed by atoms with Gasteiger partial charge in [0.25, 0.3) is 11.8 Å². The first kappa shape index (κ1) is 25.2. The van der Waals surface area contributed by atoms with E-state index in [0.29, 0.717) is 35.8 Å². The van der Waals surface area contributed by atoms with Gasteiger partial charge in [0, 0.05) is 46.5 Å². The van der Waals surface area contributed by atoms with E-state index in [1.165, 1.54) is 24.7 Å². The van der Waals surface area contributed by atoms with Crippen LogP contribution in [-0.4, -0.2) is 56.0 Å². The molecule has 1 saturated carbocycles. The van der Waals surface area contributed by atoms with Crippen LogP contribution in [0.3, 0.4) is 0 Å². The molecule has 0 unspecified atom stereocenters. The second kappa shape index (κ2) is 9.98. The largest absolute Gasteiger partial charge is 0.389 e. The van der Waals surface area contributed by atoms with E-state index in [1.807, 2.05) is 55.5 Å². The maximum atomic E-state index is 13.0. The van der Waals surface area contributed by atoms with Crippen molar-refractivity contribution in [2.75, 3.05) is 18.4 Å². The van der Waals surface area contributed by atoms with Crippen molar-refractivity contribution in [3.8, 4) is 22.5 Å². The van der Waals surface area contributed by atoms with Crippen molar-refractivity contribution in [1.29, 1.82) is 0 Å². The molecule has 7 rings (SSSR count). The van der Waals surface area contributed by atoms with Crippen molar-refractivity contribution >= 4 is 28.5 Å². The van der Waals surface area contributed by atoms with Crippen LogP contribution >= 0.6 is 0 Å². The Kier molecular flexibility index (Phi) is 6.12. The van der Waals surface area contributed by atoms with Crippen LogP contribution in [0.15, 0.2) is 79.1 Å². The zero-order valence-electron chi connectivity index (χ0n) is 22.6. The molecule has 3 heterocycles. The summed E-state index contributed by atoms with van der Waals surface area (Å²) in [5.74, 6) is 0.431. The van der Waals surface area contributed by atoms with E-state index in [-0.39, 0.29) is 11.8 Å². The summed E-state index contributed by atoms with van der Waals surface area (Å²) in [6, 6.07) is 23.1.